The first-order valence-electron chi connectivity index (χ1n) is 10.9. The lowest BCUT2D eigenvalue weighted by molar-refractivity contribution is -0.117. The first kappa shape index (κ1) is 26.8. The molecule has 38 heavy (non-hydrogen) atoms. The Labute approximate surface area is 218 Å². The second-order valence-corrected chi connectivity index (χ2v) is 11.2. The van der Waals surface area contributed by atoms with Crippen LogP contribution in [0, 0.1) is 5.82 Å². The number of ether oxygens (including phenoxy) is 2. The van der Waals surface area contributed by atoms with Crippen LogP contribution in [0.2, 0.25) is 0 Å². The van der Waals surface area contributed by atoms with Gasteiger partial charge < -0.3 is 14.6 Å². The summed E-state index contributed by atoms with van der Waals surface area (Å²) >= 11 is 0. The van der Waals surface area contributed by atoms with Crippen LogP contribution in [-0.4, -0.2) is 48.6 Å². The lowest BCUT2D eigenvalue weighted by Crippen LogP contribution is -2.35. The number of carbonyl (C=O) groups is 1. The second kappa shape index (κ2) is 10.3. The SMILES string of the molecule is COc1ccc(CN(c2ccccc2)S(=O)(=O)Nc2cc(O)c(N3CC(=O)NS3(=O)=O)c(F)c2)cc1OC. The van der Waals surface area contributed by atoms with Crippen molar-refractivity contribution in [1.82, 2.24) is 4.72 Å². The van der Waals surface area contributed by atoms with Crippen LogP contribution in [0.1, 0.15) is 5.56 Å². The molecule has 202 valence electrons. The first-order chi connectivity index (χ1) is 17.9. The van der Waals surface area contributed by atoms with Crippen LogP contribution >= 0.6 is 0 Å². The van der Waals surface area contributed by atoms with Crippen LogP contribution in [0.5, 0.6) is 17.2 Å². The number of phenolic OH excluding ortho intramolecular Hbond substituents is 1. The van der Waals surface area contributed by atoms with Crippen molar-refractivity contribution in [1.29, 1.82) is 0 Å². The number of anilines is 3. The number of benzene rings is 3. The van der Waals surface area contributed by atoms with Crippen LogP contribution < -0.4 is 27.5 Å². The molecule has 0 unspecified atom stereocenters. The first-order valence-corrected chi connectivity index (χ1v) is 13.8. The van der Waals surface area contributed by atoms with Crippen molar-refractivity contribution >= 4 is 43.4 Å². The van der Waals surface area contributed by atoms with Crippen LogP contribution in [0.4, 0.5) is 21.5 Å². The smallest absolute Gasteiger partial charge is 0.326 e. The van der Waals surface area contributed by atoms with Crippen molar-refractivity contribution in [2.24, 2.45) is 0 Å². The summed E-state index contributed by atoms with van der Waals surface area (Å²) in [7, 11) is -5.92. The summed E-state index contributed by atoms with van der Waals surface area (Å²) < 4.78 is 81.8. The van der Waals surface area contributed by atoms with E-state index < -0.39 is 50.1 Å². The van der Waals surface area contributed by atoms with Crippen molar-refractivity contribution in [2.45, 2.75) is 6.54 Å². The Hall–Kier alpha value is -4.24. The van der Waals surface area contributed by atoms with Gasteiger partial charge in [0.2, 0.25) is 0 Å². The quantitative estimate of drug-likeness (QED) is 0.356. The molecule has 1 aliphatic heterocycles. The molecule has 15 heteroatoms. The van der Waals surface area contributed by atoms with Gasteiger partial charge in [0.15, 0.2) is 17.3 Å². The van der Waals surface area contributed by atoms with Crippen LogP contribution in [0.25, 0.3) is 0 Å². The van der Waals surface area contributed by atoms with Gasteiger partial charge in [-0.15, -0.1) is 0 Å². The van der Waals surface area contributed by atoms with E-state index in [0.717, 1.165) is 10.4 Å². The predicted molar refractivity (Wildman–Crippen MR) is 137 cm³/mol. The molecule has 1 saturated heterocycles. The van der Waals surface area contributed by atoms with Gasteiger partial charge in [0.25, 0.3) is 5.91 Å². The minimum atomic E-state index is -4.42. The maximum atomic E-state index is 15.0. The molecule has 1 aliphatic rings. The van der Waals surface area contributed by atoms with Crippen LogP contribution in [0.3, 0.4) is 0 Å². The summed E-state index contributed by atoms with van der Waals surface area (Å²) in [5.74, 6) is -2.24. The zero-order valence-corrected chi connectivity index (χ0v) is 21.7. The summed E-state index contributed by atoms with van der Waals surface area (Å²) in [5, 5.41) is 10.4. The van der Waals surface area contributed by atoms with E-state index in [4.69, 9.17) is 9.47 Å². The summed E-state index contributed by atoms with van der Waals surface area (Å²) in [6, 6.07) is 14.5. The summed E-state index contributed by atoms with van der Waals surface area (Å²) in [4.78, 5) is 11.5. The van der Waals surface area contributed by atoms with Gasteiger partial charge in [-0.1, -0.05) is 24.3 Å². The Morgan fingerprint density at radius 3 is 2.34 bits per heavy atom. The van der Waals surface area contributed by atoms with Gasteiger partial charge in [-0.05, 0) is 29.8 Å². The zero-order valence-electron chi connectivity index (χ0n) is 20.1. The van der Waals surface area contributed by atoms with Gasteiger partial charge in [0.05, 0.1) is 32.1 Å². The lowest BCUT2D eigenvalue weighted by atomic mass is 10.2. The van der Waals surface area contributed by atoms with Crippen molar-refractivity contribution in [3.05, 3.63) is 72.0 Å². The Balaban J connectivity index is 1.68. The third-order valence-corrected chi connectivity index (χ3v) is 8.26. The number of hydrogen-bond acceptors (Lipinski definition) is 8. The highest BCUT2D eigenvalue weighted by atomic mass is 32.2. The largest absolute Gasteiger partial charge is 0.506 e. The fourth-order valence-corrected chi connectivity index (χ4v) is 6.21. The second-order valence-electron chi connectivity index (χ2n) is 8.00. The predicted octanol–water partition coefficient (Wildman–Crippen LogP) is 2.09. The average molecular weight is 567 g/mol. The molecule has 0 aromatic heterocycles. The van der Waals surface area contributed by atoms with Gasteiger partial charge in [0, 0.05) is 12.1 Å². The fourth-order valence-electron chi connectivity index (χ4n) is 3.79. The van der Waals surface area contributed by atoms with E-state index in [9.17, 15) is 31.1 Å². The Bertz CT molecular complexity index is 1560. The number of amides is 1. The number of aromatic hydroxyl groups is 1. The molecular weight excluding hydrogens is 543 g/mol. The van der Waals surface area contributed by atoms with E-state index in [1.54, 1.807) is 53.3 Å². The van der Waals surface area contributed by atoms with E-state index >= 15 is 0 Å². The molecule has 12 nitrogen and oxygen atoms in total. The highest BCUT2D eigenvalue weighted by molar-refractivity contribution is 7.94. The van der Waals surface area contributed by atoms with Crippen molar-refractivity contribution < 1.29 is 40.6 Å². The molecule has 1 amide bonds. The number of nitrogens with zero attached hydrogens (tertiary/aromatic N) is 2. The number of methoxy groups -OCH3 is 2. The number of rotatable bonds is 9. The number of phenols is 1. The normalized spacial score (nSPS) is 14.6. The lowest BCUT2D eigenvalue weighted by Gasteiger charge is -2.26. The van der Waals surface area contributed by atoms with Gasteiger partial charge in [-0.3, -0.25) is 9.52 Å². The maximum absolute atomic E-state index is 15.0. The van der Waals surface area contributed by atoms with Crippen molar-refractivity contribution in [3.8, 4) is 17.2 Å². The highest BCUT2D eigenvalue weighted by Crippen LogP contribution is 2.37. The van der Waals surface area contributed by atoms with Crippen molar-refractivity contribution in [2.75, 3.05) is 34.1 Å². The third-order valence-electron chi connectivity index (χ3n) is 5.47. The van der Waals surface area contributed by atoms with E-state index in [-0.39, 0.29) is 17.9 Å². The standard InChI is InChI=1S/C23H23FN4O8S2/c1-35-20-9-8-15(10-21(20)36-2)13-27(17-6-4-3-5-7-17)37(31,32)25-16-11-18(24)23(19(29)12-16)28-14-22(30)26-38(28,33)34/h3-12,25,29H,13-14H2,1-2H3,(H,26,30). The van der Waals surface area contributed by atoms with E-state index in [1.807, 2.05) is 0 Å². The Kier molecular flexibility index (Phi) is 7.24. The average Bonchev–Trinajstić information content (AvgIpc) is 3.13. The summed E-state index contributed by atoms with van der Waals surface area (Å²) in [5.41, 5.74) is -0.356. The molecule has 1 fully saturated rings. The molecule has 0 bridgehead atoms. The van der Waals surface area contributed by atoms with Crippen molar-refractivity contribution in [3.63, 3.8) is 0 Å². The number of nitrogens with one attached hydrogen (secondary N) is 2. The molecule has 0 aliphatic carbocycles. The molecule has 0 spiro atoms. The molecule has 1 heterocycles. The maximum Gasteiger partial charge on any atom is 0.326 e. The van der Waals surface area contributed by atoms with E-state index in [1.165, 1.54) is 14.2 Å². The molecule has 3 aromatic rings. The molecular formula is C23H23FN4O8S2. The van der Waals surface area contributed by atoms with Crippen LogP contribution in [-0.2, 0) is 31.8 Å². The molecule has 0 saturated carbocycles. The topological polar surface area (TPSA) is 155 Å². The zero-order chi connectivity index (χ0) is 27.7. The van der Waals surface area contributed by atoms with Gasteiger partial charge in [-0.25, -0.2) is 17.7 Å². The van der Waals surface area contributed by atoms with E-state index in [2.05, 4.69) is 4.72 Å². The molecule has 3 N–H and O–H groups in total. The highest BCUT2D eigenvalue weighted by Gasteiger charge is 2.37. The van der Waals surface area contributed by atoms with Gasteiger partial charge in [0.1, 0.15) is 18.0 Å². The van der Waals surface area contributed by atoms with Crippen LogP contribution in [0.15, 0.2) is 60.7 Å². The molecule has 0 atom stereocenters. The third kappa shape index (κ3) is 5.38. The summed E-state index contributed by atoms with van der Waals surface area (Å²) in [6.45, 7) is -0.906. The molecule has 4 rings (SSSR count). The monoisotopic (exact) mass is 566 g/mol. The number of hydrogen-bond donors (Lipinski definition) is 3. The van der Waals surface area contributed by atoms with E-state index in [0.29, 0.717) is 27.4 Å². The molecule has 3 aromatic carbocycles. The summed E-state index contributed by atoms with van der Waals surface area (Å²) in [6.07, 6.45) is 0. The minimum Gasteiger partial charge on any atom is -0.506 e. The fraction of sp³-hybridized carbons (Fsp3) is 0.174. The number of halogens is 1. The minimum absolute atomic E-state index is 0.161. The molecule has 0 radical (unpaired) electrons. The Morgan fingerprint density at radius 2 is 1.76 bits per heavy atom. The van der Waals surface area contributed by atoms with Gasteiger partial charge >= 0.3 is 20.4 Å². The number of para-hydroxylation sites is 1. The van der Waals surface area contributed by atoms with Gasteiger partial charge in [-0.2, -0.15) is 16.8 Å². The number of carbonyl (C=O) groups excluding carboxylic acids is 1. The Morgan fingerprint density at radius 1 is 1.08 bits per heavy atom.